The minimum atomic E-state index is 0.430. The molecule has 2 aromatic rings. The van der Waals surface area contributed by atoms with Gasteiger partial charge in [0.15, 0.2) is 0 Å². The maximum atomic E-state index is 5.84. The molecule has 0 amide bonds. The van der Waals surface area contributed by atoms with Crippen LogP contribution in [-0.4, -0.2) is 9.97 Å². The Hall–Kier alpha value is -1.30. The van der Waals surface area contributed by atoms with E-state index < -0.39 is 0 Å². The first-order valence-electron chi connectivity index (χ1n) is 5.36. The molecule has 0 unspecified atom stereocenters. The molecule has 6 heteroatoms. The fourth-order valence-corrected chi connectivity index (χ4v) is 2.43. The highest BCUT2D eigenvalue weighted by molar-refractivity contribution is 7.98. The van der Waals surface area contributed by atoms with Gasteiger partial charge >= 0.3 is 0 Å². The molecule has 4 nitrogen and oxygen atoms in total. The minimum absolute atomic E-state index is 0.430. The summed E-state index contributed by atoms with van der Waals surface area (Å²) in [7, 11) is 0. The Kier molecular flexibility index (Phi) is 4.41. The lowest BCUT2D eigenvalue weighted by Crippen LogP contribution is -2.10. The maximum absolute atomic E-state index is 5.84. The lowest BCUT2D eigenvalue weighted by atomic mass is 10.2. The molecule has 0 fully saturated rings. The third-order valence-electron chi connectivity index (χ3n) is 2.34. The lowest BCUT2D eigenvalue weighted by Gasteiger charge is -2.06. The number of nitrogen functional groups attached to an aromatic ring is 1. The Morgan fingerprint density at radius 1 is 1.33 bits per heavy atom. The molecular formula is C12H13ClN4S. The fourth-order valence-electron chi connectivity index (χ4n) is 1.37. The van der Waals surface area contributed by atoms with E-state index in [4.69, 9.17) is 17.4 Å². The Morgan fingerprint density at radius 3 is 2.72 bits per heavy atom. The second-order valence-corrected chi connectivity index (χ2v) is 5.14. The Morgan fingerprint density at radius 2 is 2.06 bits per heavy atom. The van der Waals surface area contributed by atoms with Crippen LogP contribution < -0.4 is 11.3 Å². The molecule has 0 aliphatic heterocycles. The van der Waals surface area contributed by atoms with Gasteiger partial charge in [-0.1, -0.05) is 23.7 Å². The van der Waals surface area contributed by atoms with E-state index in [0.717, 1.165) is 21.4 Å². The molecule has 0 radical (unpaired) electrons. The van der Waals surface area contributed by atoms with E-state index in [1.54, 1.807) is 18.0 Å². The number of anilines is 1. The standard InChI is InChI=1S/C12H13ClN4S/c1-8-6-15-12(17-14)16-11(8)18-7-9-2-4-10(13)5-3-9/h2-6H,7,14H2,1H3,(H,15,16,17). The van der Waals surface area contributed by atoms with Crippen LogP contribution in [-0.2, 0) is 5.75 Å². The summed E-state index contributed by atoms with van der Waals surface area (Å²) in [4.78, 5) is 8.36. The van der Waals surface area contributed by atoms with Crippen LogP contribution in [0.25, 0.3) is 0 Å². The number of nitrogens with one attached hydrogen (secondary N) is 1. The maximum Gasteiger partial charge on any atom is 0.238 e. The Balaban J connectivity index is 2.07. The second-order valence-electron chi connectivity index (χ2n) is 3.74. The summed E-state index contributed by atoms with van der Waals surface area (Å²) >= 11 is 7.49. The Labute approximate surface area is 115 Å². The number of hydrazine groups is 1. The molecule has 0 bridgehead atoms. The van der Waals surface area contributed by atoms with Crippen LogP contribution >= 0.6 is 23.4 Å². The van der Waals surface area contributed by atoms with Crippen molar-refractivity contribution in [1.29, 1.82) is 0 Å². The van der Waals surface area contributed by atoms with Crippen LogP contribution in [0, 0.1) is 6.92 Å². The number of hydrogen-bond acceptors (Lipinski definition) is 5. The van der Waals surface area contributed by atoms with Gasteiger partial charge in [-0.25, -0.2) is 15.8 Å². The van der Waals surface area contributed by atoms with Gasteiger partial charge in [-0.15, -0.1) is 11.8 Å². The number of aryl methyl sites for hydroxylation is 1. The first kappa shape index (κ1) is 13.1. The zero-order chi connectivity index (χ0) is 13.0. The predicted molar refractivity (Wildman–Crippen MR) is 75.6 cm³/mol. The van der Waals surface area contributed by atoms with E-state index in [1.807, 2.05) is 31.2 Å². The minimum Gasteiger partial charge on any atom is -0.292 e. The van der Waals surface area contributed by atoms with Crippen molar-refractivity contribution in [1.82, 2.24) is 9.97 Å². The topological polar surface area (TPSA) is 63.8 Å². The summed E-state index contributed by atoms with van der Waals surface area (Å²) in [6.07, 6.45) is 1.76. The van der Waals surface area contributed by atoms with Gasteiger partial charge in [0.05, 0.1) is 0 Å². The first-order valence-corrected chi connectivity index (χ1v) is 6.73. The van der Waals surface area contributed by atoms with Crippen molar-refractivity contribution in [3.63, 3.8) is 0 Å². The third-order valence-corrected chi connectivity index (χ3v) is 3.76. The molecule has 0 aliphatic rings. The van der Waals surface area contributed by atoms with Crippen LogP contribution in [0.5, 0.6) is 0 Å². The number of nitrogens with two attached hydrogens (primary N) is 1. The molecule has 0 aliphatic carbocycles. The van der Waals surface area contributed by atoms with Crippen molar-refractivity contribution >= 4 is 29.3 Å². The van der Waals surface area contributed by atoms with Crippen molar-refractivity contribution < 1.29 is 0 Å². The van der Waals surface area contributed by atoms with Gasteiger partial charge in [0, 0.05) is 17.0 Å². The summed E-state index contributed by atoms with van der Waals surface area (Å²) in [5.74, 6) is 6.56. The van der Waals surface area contributed by atoms with E-state index in [9.17, 15) is 0 Å². The molecule has 0 saturated carbocycles. The molecule has 1 aromatic carbocycles. The Bertz CT molecular complexity index is 530. The average Bonchev–Trinajstić information content (AvgIpc) is 2.40. The van der Waals surface area contributed by atoms with Crippen molar-refractivity contribution in [3.8, 4) is 0 Å². The number of thioether (sulfide) groups is 1. The smallest absolute Gasteiger partial charge is 0.238 e. The third kappa shape index (κ3) is 3.35. The fraction of sp³-hybridized carbons (Fsp3) is 0.167. The summed E-state index contributed by atoms with van der Waals surface area (Å²) < 4.78 is 0. The van der Waals surface area contributed by atoms with Gasteiger partial charge in [0.25, 0.3) is 0 Å². The van der Waals surface area contributed by atoms with Crippen LogP contribution in [0.2, 0.25) is 5.02 Å². The van der Waals surface area contributed by atoms with Gasteiger partial charge in [0.2, 0.25) is 5.95 Å². The van der Waals surface area contributed by atoms with Crippen LogP contribution in [0.1, 0.15) is 11.1 Å². The largest absolute Gasteiger partial charge is 0.292 e. The SMILES string of the molecule is Cc1cnc(NN)nc1SCc1ccc(Cl)cc1. The zero-order valence-corrected chi connectivity index (χ0v) is 11.4. The number of aromatic nitrogens is 2. The molecule has 0 atom stereocenters. The van der Waals surface area contributed by atoms with Crippen molar-refractivity contribution in [2.45, 2.75) is 17.7 Å². The van der Waals surface area contributed by atoms with Gasteiger partial charge in [-0.3, -0.25) is 5.43 Å². The van der Waals surface area contributed by atoms with E-state index in [-0.39, 0.29) is 0 Å². The van der Waals surface area contributed by atoms with E-state index in [2.05, 4.69) is 15.4 Å². The number of hydrogen-bond donors (Lipinski definition) is 2. The lowest BCUT2D eigenvalue weighted by molar-refractivity contribution is 0.992. The van der Waals surface area contributed by atoms with Crippen LogP contribution in [0.4, 0.5) is 5.95 Å². The van der Waals surface area contributed by atoms with Gasteiger partial charge in [-0.05, 0) is 30.2 Å². The first-order chi connectivity index (χ1) is 8.69. The normalized spacial score (nSPS) is 10.4. The zero-order valence-electron chi connectivity index (χ0n) is 9.85. The molecule has 2 rings (SSSR count). The van der Waals surface area contributed by atoms with E-state index in [1.165, 1.54) is 5.56 Å². The highest BCUT2D eigenvalue weighted by Crippen LogP contribution is 2.25. The van der Waals surface area contributed by atoms with E-state index >= 15 is 0 Å². The number of rotatable bonds is 4. The highest BCUT2D eigenvalue weighted by atomic mass is 35.5. The van der Waals surface area contributed by atoms with Crippen LogP contribution in [0.15, 0.2) is 35.5 Å². The van der Waals surface area contributed by atoms with Crippen LogP contribution in [0.3, 0.4) is 0 Å². The molecule has 18 heavy (non-hydrogen) atoms. The van der Waals surface area contributed by atoms with Gasteiger partial charge < -0.3 is 0 Å². The molecule has 0 saturated heterocycles. The summed E-state index contributed by atoms with van der Waals surface area (Å²) in [6, 6.07) is 7.79. The number of halogens is 1. The van der Waals surface area contributed by atoms with Crippen molar-refractivity contribution in [3.05, 3.63) is 46.6 Å². The molecule has 1 heterocycles. The predicted octanol–water partition coefficient (Wildman–Crippen LogP) is 3.02. The van der Waals surface area contributed by atoms with Gasteiger partial charge in [0.1, 0.15) is 5.03 Å². The second kappa shape index (κ2) is 6.04. The molecule has 1 aromatic heterocycles. The molecule has 0 spiro atoms. The average molecular weight is 281 g/mol. The van der Waals surface area contributed by atoms with Gasteiger partial charge in [-0.2, -0.15) is 0 Å². The number of nitrogens with zero attached hydrogens (tertiary/aromatic N) is 2. The van der Waals surface area contributed by atoms with E-state index in [0.29, 0.717) is 5.95 Å². The highest BCUT2D eigenvalue weighted by Gasteiger charge is 2.04. The van der Waals surface area contributed by atoms with Crippen molar-refractivity contribution in [2.24, 2.45) is 5.84 Å². The summed E-state index contributed by atoms with van der Waals surface area (Å²) in [6.45, 7) is 1.98. The quantitative estimate of drug-likeness (QED) is 0.390. The molecule has 3 N–H and O–H groups in total. The molecule has 94 valence electrons. The summed E-state index contributed by atoms with van der Waals surface area (Å²) in [5.41, 5.74) is 4.68. The summed E-state index contributed by atoms with van der Waals surface area (Å²) in [5, 5.41) is 1.67. The number of benzene rings is 1. The molecular weight excluding hydrogens is 268 g/mol. The van der Waals surface area contributed by atoms with Crippen molar-refractivity contribution in [2.75, 3.05) is 5.43 Å². The monoisotopic (exact) mass is 280 g/mol.